The van der Waals surface area contributed by atoms with E-state index in [1.165, 1.54) is 13.0 Å². The maximum absolute atomic E-state index is 5.75. The van der Waals surface area contributed by atoms with Crippen molar-refractivity contribution in [3.05, 3.63) is 0 Å². The molecule has 0 aromatic carbocycles. The van der Waals surface area contributed by atoms with Gasteiger partial charge >= 0.3 is 0 Å². The number of nitrogens with two attached hydrogens (primary N) is 1. The van der Waals surface area contributed by atoms with Crippen molar-refractivity contribution < 1.29 is 0 Å². The van der Waals surface area contributed by atoms with Gasteiger partial charge in [0.1, 0.15) is 0 Å². The summed E-state index contributed by atoms with van der Waals surface area (Å²) in [5.74, 6) is 5.75. The molecule has 4 nitrogen and oxygen atoms in total. The molecule has 3 N–H and O–H groups in total. The highest BCUT2D eigenvalue weighted by molar-refractivity contribution is 4.93. The van der Waals surface area contributed by atoms with Gasteiger partial charge in [-0.2, -0.15) is 0 Å². The number of likely N-dealkylation sites (N-methyl/N-ethyl adjacent to an activating group) is 2. The Morgan fingerprint density at radius 3 is 2.38 bits per heavy atom. The molecule has 1 heterocycles. The molecule has 0 aliphatic carbocycles. The lowest BCUT2D eigenvalue weighted by Gasteiger charge is -2.41. The zero-order chi connectivity index (χ0) is 12.3. The van der Waals surface area contributed by atoms with E-state index in [4.69, 9.17) is 5.84 Å². The van der Waals surface area contributed by atoms with Crippen LogP contribution in [-0.4, -0.2) is 55.6 Å². The van der Waals surface area contributed by atoms with E-state index in [9.17, 15) is 0 Å². The Morgan fingerprint density at radius 2 is 1.88 bits per heavy atom. The summed E-state index contributed by atoms with van der Waals surface area (Å²) in [7, 11) is 4.41. The fourth-order valence-electron chi connectivity index (χ4n) is 2.60. The molecule has 1 aliphatic rings. The molecular formula is C12H28N4. The first-order valence-corrected chi connectivity index (χ1v) is 6.21. The van der Waals surface area contributed by atoms with Crippen molar-refractivity contribution in [2.24, 2.45) is 11.3 Å². The number of hydrogen-bond acceptors (Lipinski definition) is 4. The Bertz CT molecular complexity index is 212. The van der Waals surface area contributed by atoms with E-state index in [-0.39, 0.29) is 5.41 Å². The van der Waals surface area contributed by atoms with Crippen molar-refractivity contribution in [3.8, 4) is 0 Å². The molecule has 0 aromatic rings. The molecule has 1 aliphatic heterocycles. The molecule has 0 saturated carbocycles. The summed E-state index contributed by atoms with van der Waals surface area (Å²) in [6.45, 7) is 10.2. The van der Waals surface area contributed by atoms with Gasteiger partial charge in [-0.05, 0) is 39.0 Å². The molecule has 0 bridgehead atoms. The Kier molecular flexibility index (Phi) is 4.73. The van der Waals surface area contributed by atoms with Crippen LogP contribution in [0.5, 0.6) is 0 Å². The van der Waals surface area contributed by atoms with Gasteiger partial charge in [-0.3, -0.25) is 11.3 Å². The Balaban J connectivity index is 2.80. The first-order valence-electron chi connectivity index (χ1n) is 6.21. The van der Waals surface area contributed by atoms with Crippen molar-refractivity contribution in [2.75, 3.05) is 33.7 Å². The van der Waals surface area contributed by atoms with Gasteiger partial charge in [0, 0.05) is 18.6 Å². The van der Waals surface area contributed by atoms with Crippen molar-refractivity contribution in [2.45, 2.75) is 39.3 Å². The predicted octanol–water partition coefficient (Wildman–Crippen LogP) is 0.500. The van der Waals surface area contributed by atoms with Gasteiger partial charge in [-0.25, -0.2) is 0 Å². The maximum Gasteiger partial charge on any atom is 0.0426 e. The van der Waals surface area contributed by atoms with E-state index in [2.05, 4.69) is 50.1 Å². The van der Waals surface area contributed by atoms with Crippen LogP contribution in [0.1, 0.15) is 27.2 Å². The van der Waals surface area contributed by atoms with E-state index in [0.717, 1.165) is 13.1 Å². The second kappa shape index (κ2) is 5.45. The van der Waals surface area contributed by atoms with Gasteiger partial charge in [0.15, 0.2) is 0 Å². The van der Waals surface area contributed by atoms with Crippen molar-refractivity contribution in [3.63, 3.8) is 0 Å². The SMILES string of the molecule is CN1CCCN(C)C(C(NN)C(C)(C)C)C1. The maximum atomic E-state index is 5.75. The van der Waals surface area contributed by atoms with Crippen LogP contribution in [0.2, 0.25) is 0 Å². The van der Waals surface area contributed by atoms with Crippen LogP contribution in [0.3, 0.4) is 0 Å². The van der Waals surface area contributed by atoms with Crippen molar-refractivity contribution in [1.29, 1.82) is 0 Å². The monoisotopic (exact) mass is 228 g/mol. The second-order valence-electron chi connectivity index (χ2n) is 6.17. The lowest BCUT2D eigenvalue weighted by atomic mass is 9.82. The quantitative estimate of drug-likeness (QED) is 0.534. The van der Waals surface area contributed by atoms with Crippen LogP contribution >= 0.6 is 0 Å². The Labute approximate surface area is 100 Å². The lowest BCUT2D eigenvalue weighted by Crippen LogP contribution is -2.59. The lowest BCUT2D eigenvalue weighted by molar-refractivity contribution is 0.113. The summed E-state index contributed by atoms with van der Waals surface area (Å²) in [6, 6.07) is 0.801. The van der Waals surface area contributed by atoms with Gasteiger partial charge in [0.05, 0.1) is 0 Å². The molecule has 2 atom stereocenters. The standard InChI is InChI=1S/C12H28N4/c1-12(2,3)11(14-13)10-9-15(4)7-6-8-16(10)5/h10-11,14H,6-9,13H2,1-5H3. The molecule has 0 radical (unpaired) electrons. The van der Waals surface area contributed by atoms with Crippen LogP contribution in [0.15, 0.2) is 0 Å². The molecule has 0 amide bonds. The summed E-state index contributed by atoms with van der Waals surface area (Å²) in [5, 5.41) is 0. The van der Waals surface area contributed by atoms with E-state index >= 15 is 0 Å². The number of nitrogens with zero attached hydrogens (tertiary/aromatic N) is 2. The first kappa shape index (κ1) is 13.9. The molecule has 1 rings (SSSR count). The second-order valence-corrected chi connectivity index (χ2v) is 6.17. The van der Waals surface area contributed by atoms with E-state index < -0.39 is 0 Å². The smallest absolute Gasteiger partial charge is 0.0426 e. The van der Waals surface area contributed by atoms with E-state index in [0.29, 0.717) is 12.1 Å². The topological polar surface area (TPSA) is 44.5 Å². The number of rotatable bonds is 2. The fourth-order valence-corrected chi connectivity index (χ4v) is 2.60. The first-order chi connectivity index (χ1) is 7.36. The molecule has 0 spiro atoms. The van der Waals surface area contributed by atoms with Crippen molar-refractivity contribution >= 4 is 0 Å². The van der Waals surface area contributed by atoms with Crippen LogP contribution in [0, 0.1) is 5.41 Å². The van der Waals surface area contributed by atoms with Gasteiger partial charge in [0.2, 0.25) is 0 Å². The zero-order valence-electron chi connectivity index (χ0n) is 11.5. The third kappa shape index (κ3) is 3.42. The molecule has 1 fully saturated rings. The Morgan fingerprint density at radius 1 is 1.25 bits per heavy atom. The van der Waals surface area contributed by atoms with E-state index in [1.54, 1.807) is 0 Å². The average Bonchev–Trinajstić information content (AvgIpc) is 2.28. The van der Waals surface area contributed by atoms with Crippen LogP contribution in [-0.2, 0) is 0 Å². The average molecular weight is 228 g/mol. The Hall–Kier alpha value is -0.160. The summed E-state index contributed by atoms with van der Waals surface area (Å²) < 4.78 is 0. The molecular weight excluding hydrogens is 200 g/mol. The predicted molar refractivity (Wildman–Crippen MR) is 69.1 cm³/mol. The third-order valence-electron chi connectivity index (χ3n) is 3.61. The van der Waals surface area contributed by atoms with E-state index in [1.807, 2.05) is 0 Å². The van der Waals surface area contributed by atoms with Gasteiger partial charge < -0.3 is 9.80 Å². The minimum Gasteiger partial charge on any atom is -0.305 e. The largest absolute Gasteiger partial charge is 0.305 e. The normalized spacial score (nSPS) is 27.8. The number of nitrogens with one attached hydrogen (secondary N) is 1. The number of hydrogen-bond donors (Lipinski definition) is 2. The molecule has 16 heavy (non-hydrogen) atoms. The molecule has 1 saturated heterocycles. The van der Waals surface area contributed by atoms with Crippen LogP contribution in [0.25, 0.3) is 0 Å². The highest BCUT2D eigenvalue weighted by atomic mass is 15.3. The minimum atomic E-state index is 0.179. The highest BCUT2D eigenvalue weighted by Gasteiger charge is 2.35. The van der Waals surface area contributed by atoms with Crippen LogP contribution in [0.4, 0.5) is 0 Å². The number of hydrazine groups is 1. The summed E-state index contributed by atoms with van der Waals surface area (Å²) in [5.41, 5.74) is 3.20. The third-order valence-corrected chi connectivity index (χ3v) is 3.61. The molecule has 0 aromatic heterocycles. The molecule has 96 valence electrons. The van der Waals surface area contributed by atoms with Gasteiger partial charge in [-0.1, -0.05) is 20.8 Å². The molecule has 4 heteroatoms. The fraction of sp³-hybridized carbons (Fsp3) is 1.00. The highest BCUT2D eigenvalue weighted by Crippen LogP contribution is 2.25. The zero-order valence-corrected chi connectivity index (χ0v) is 11.5. The minimum absolute atomic E-state index is 0.179. The molecule has 2 unspecified atom stereocenters. The summed E-state index contributed by atoms with van der Waals surface area (Å²) in [4.78, 5) is 4.85. The van der Waals surface area contributed by atoms with Crippen LogP contribution < -0.4 is 11.3 Å². The van der Waals surface area contributed by atoms with Gasteiger partial charge in [-0.15, -0.1) is 0 Å². The van der Waals surface area contributed by atoms with Gasteiger partial charge in [0.25, 0.3) is 0 Å². The van der Waals surface area contributed by atoms with Crippen molar-refractivity contribution in [1.82, 2.24) is 15.2 Å². The summed E-state index contributed by atoms with van der Waals surface area (Å²) in [6.07, 6.45) is 1.24. The summed E-state index contributed by atoms with van der Waals surface area (Å²) >= 11 is 0.